The van der Waals surface area contributed by atoms with Crippen LogP contribution in [0, 0.1) is 44.8 Å². The Morgan fingerprint density at radius 3 is 2.35 bits per heavy atom. The van der Waals surface area contributed by atoms with Gasteiger partial charge in [-0.25, -0.2) is 0 Å². The number of allylic oxidation sites excluding steroid dienone is 2. The van der Waals surface area contributed by atoms with Gasteiger partial charge >= 0.3 is 5.97 Å². The summed E-state index contributed by atoms with van der Waals surface area (Å²) >= 11 is 0. The fourth-order valence-electron chi connectivity index (χ4n) is 14.0. The van der Waals surface area contributed by atoms with Crippen LogP contribution in [0.2, 0.25) is 0 Å². The molecule has 0 radical (unpaired) electrons. The van der Waals surface area contributed by atoms with Crippen LogP contribution in [0.15, 0.2) is 60.2 Å². The van der Waals surface area contributed by atoms with Crippen LogP contribution >= 0.6 is 0 Å². The Hall–Kier alpha value is -3.58. The lowest BCUT2D eigenvalue weighted by molar-refractivity contribution is -0.181. The number of anilines is 2. The minimum atomic E-state index is -0.518. The quantitative estimate of drug-likeness (QED) is 0.253. The van der Waals surface area contributed by atoms with E-state index in [0.29, 0.717) is 18.4 Å². The monoisotopic (exact) mass is 744 g/mol. The largest absolute Gasteiger partial charge is 0.460 e. The number of nitrogens with zero attached hydrogens (tertiary/aromatic N) is 2. The number of H-pyrrole nitrogens is 1. The van der Waals surface area contributed by atoms with E-state index in [9.17, 15) is 4.79 Å². The summed E-state index contributed by atoms with van der Waals surface area (Å²) in [5.41, 5.74) is 15.4. The average molecular weight is 745 g/mol. The van der Waals surface area contributed by atoms with Crippen LogP contribution in [-0.4, -0.2) is 42.5 Å². The summed E-state index contributed by atoms with van der Waals surface area (Å²) in [6, 6.07) is 19.7. The maximum absolute atomic E-state index is 14.9. The van der Waals surface area contributed by atoms with Crippen molar-refractivity contribution in [1.82, 2.24) is 10.2 Å². The van der Waals surface area contributed by atoms with Crippen LogP contribution in [0.3, 0.4) is 0 Å². The standard InChI is InChI=1S/C48H64N4O3/c1-43(2)19-21-48(42(53)55-30-31-11-9-8-10-12-31)22-20-47(7)39(36(48)29-43)34(32-13-15-33(16-14-32)52-23-25-54-26-24-52)27-38-45(5)28-35-40(50-51-41(35)49)44(3,4)37(45)17-18-46(38,47)6/h8-16,36-38H,17-30H2,1-7H3,(H3,49,50,51)/t36?,37?,38?,45-,46+,47+,48-/m0/s1. The number of fused-ring (bicyclic) bond motifs is 8. The number of hydrogen-bond donors (Lipinski definition) is 2. The highest BCUT2D eigenvalue weighted by atomic mass is 16.5. The van der Waals surface area contributed by atoms with Gasteiger partial charge in [-0.3, -0.25) is 9.89 Å². The molecular formula is C48H64N4O3. The minimum Gasteiger partial charge on any atom is -0.460 e. The molecule has 1 saturated heterocycles. The van der Waals surface area contributed by atoms with Crippen molar-refractivity contribution in [2.75, 3.05) is 36.9 Å². The second kappa shape index (κ2) is 12.7. The molecule has 1 aromatic heterocycles. The molecule has 5 aliphatic carbocycles. The Morgan fingerprint density at radius 1 is 0.909 bits per heavy atom. The van der Waals surface area contributed by atoms with Crippen molar-refractivity contribution in [1.29, 1.82) is 0 Å². The smallest absolute Gasteiger partial charge is 0.313 e. The Morgan fingerprint density at radius 2 is 1.62 bits per heavy atom. The molecule has 4 fully saturated rings. The van der Waals surface area contributed by atoms with Crippen LogP contribution in [0.4, 0.5) is 11.5 Å². The SMILES string of the molecule is CC1(C)CC[C@]2(C(=O)OCc3ccccc3)CC[C@]3(C)C(=C(c4ccc(N5CCOCC5)cc4)CC4[C@@]5(C)Cc6c(n[nH]c6N)C(C)(C)C5CC[C@]43C)C2C1. The zero-order chi connectivity index (χ0) is 38.6. The molecule has 9 rings (SSSR count). The molecule has 3 unspecified atom stereocenters. The zero-order valence-electron chi connectivity index (χ0n) is 34.5. The van der Waals surface area contributed by atoms with Crippen molar-refractivity contribution in [2.45, 2.75) is 118 Å². The van der Waals surface area contributed by atoms with Crippen molar-refractivity contribution in [3.8, 4) is 0 Å². The van der Waals surface area contributed by atoms with E-state index in [1.54, 1.807) is 5.57 Å². The van der Waals surface area contributed by atoms with Crippen LogP contribution < -0.4 is 10.6 Å². The Labute approximate surface area is 329 Å². The number of nitrogens with one attached hydrogen (secondary N) is 1. The molecule has 0 bridgehead atoms. The normalized spacial score (nSPS) is 36.1. The topological polar surface area (TPSA) is 93.5 Å². The predicted molar refractivity (Wildman–Crippen MR) is 220 cm³/mol. The van der Waals surface area contributed by atoms with Gasteiger partial charge < -0.3 is 20.1 Å². The number of ether oxygens (including phenoxy) is 2. The molecule has 3 N–H and O–H groups in total. The molecular weight excluding hydrogens is 681 g/mol. The van der Waals surface area contributed by atoms with E-state index in [1.807, 2.05) is 18.2 Å². The summed E-state index contributed by atoms with van der Waals surface area (Å²) in [5, 5.41) is 8.04. The zero-order valence-corrected chi connectivity index (χ0v) is 34.5. The first-order valence-electron chi connectivity index (χ1n) is 21.3. The molecule has 0 amide bonds. The van der Waals surface area contributed by atoms with E-state index in [-0.39, 0.29) is 39.0 Å². The van der Waals surface area contributed by atoms with Gasteiger partial charge in [0.1, 0.15) is 12.4 Å². The first-order valence-corrected chi connectivity index (χ1v) is 21.3. The second-order valence-electron chi connectivity index (χ2n) is 20.6. The number of morpholine rings is 1. The number of benzene rings is 2. The number of carbonyl (C=O) groups excluding carboxylic acids is 1. The number of carbonyl (C=O) groups is 1. The number of aromatic amines is 1. The van der Waals surface area contributed by atoms with E-state index < -0.39 is 5.41 Å². The van der Waals surface area contributed by atoms with Crippen molar-refractivity contribution in [3.05, 3.63) is 82.6 Å². The van der Waals surface area contributed by atoms with E-state index in [1.165, 1.54) is 40.9 Å². The first kappa shape index (κ1) is 37.0. The van der Waals surface area contributed by atoms with E-state index in [2.05, 4.69) is 94.9 Å². The molecule has 6 aliphatic rings. The summed E-state index contributed by atoms with van der Waals surface area (Å²) in [6.45, 7) is 21.3. The van der Waals surface area contributed by atoms with E-state index >= 15 is 0 Å². The summed E-state index contributed by atoms with van der Waals surface area (Å²) in [5.74, 6) is 1.83. The van der Waals surface area contributed by atoms with E-state index in [0.717, 1.165) is 82.6 Å². The third-order valence-electron chi connectivity index (χ3n) is 17.1. The van der Waals surface area contributed by atoms with Crippen LogP contribution in [0.25, 0.3) is 5.57 Å². The maximum atomic E-state index is 14.9. The van der Waals surface area contributed by atoms with Crippen molar-refractivity contribution < 1.29 is 14.3 Å². The molecule has 3 saturated carbocycles. The van der Waals surface area contributed by atoms with Gasteiger partial charge in [-0.1, -0.05) is 96.5 Å². The highest BCUT2D eigenvalue weighted by Crippen LogP contribution is 2.77. The van der Waals surface area contributed by atoms with Crippen LogP contribution in [0.1, 0.15) is 122 Å². The van der Waals surface area contributed by atoms with Gasteiger partial charge in [0.2, 0.25) is 0 Å². The fourth-order valence-corrected chi connectivity index (χ4v) is 14.0. The predicted octanol–water partition coefficient (Wildman–Crippen LogP) is 9.91. The Kier molecular flexibility index (Phi) is 8.56. The Bertz CT molecular complexity index is 1990. The number of esters is 1. The summed E-state index contributed by atoms with van der Waals surface area (Å²) in [7, 11) is 0. The number of nitrogens with two attached hydrogens (primary N) is 1. The van der Waals surface area contributed by atoms with Gasteiger partial charge in [-0.05, 0) is 126 Å². The second-order valence-corrected chi connectivity index (χ2v) is 20.6. The highest BCUT2D eigenvalue weighted by Gasteiger charge is 2.70. The number of aromatic nitrogens is 2. The van der Waals surface area contributed by atoms with Gasteiger partial charge in [-0.2, -0.15) is 5.10 Å². The molecule has 1 aliphatic heterocycles. The maximum Gasteiger partial charge on any atom is 0.313 e. The van der Waals surface area contributed by atoms with Crippen molar-refractivity contribution in [3.63, 3.8) is 0 Å². The molecule has 7 atom stereocenters. The lowest BCUT2D eigenvalue weighted by Crippen LogP contribution is -2.65. The fraction of sp³-hybridized carbons (Fsp3) is 0.625. The summed E-state index contributed by atoms with van der Waals surface area (Å²) in [6.07, 6.45) is 9.16. The Balaban J connectivity index is 1.21. The van der Waals surface area contributed by atoms with Crippen molar-refractivity contribution >= 4 is 23.0 Å². The molecule has 2 aromatic carbocycles. The van der Waals surface area contributed by atoms with Gasteiger partial charge in [-0.15, -0.1) is 0 Å². The molecule has 0 spiro atoms. The number of nitrogen functional groups attached to an aromatic ring is 1. The van der Waals surface area contributed by atoms with Crippen LogP contribution in [0.5, 0.6) is 0 Å². The molecule has 55 heavy (non-hydrogen) atoms. The summed E-state index contributed by atoms with van der Waals surface area (Å²) in [4.78, 5) is 17.3. The lowest BCUT2D eigenvalue weighted by atomic mass is 9.33. The third kappa shape index (κ3) is 5.44. The average Bonchev–Trinajstić information content (AvgIpc) is 3.54. The lowest BCUT2D eigenvalue weighted by Gasteiger charge is -2.71. The molecule has 7 nitrogen and oxygen atoms in total. The van der Waals surface area contributed by atoms with Gasteiger partial charge in [0, 0.05) is 29.8 Å². The summed E-state index contributed by atoms with van der Waals surface area (Å²) < 4.78 is 12.1. The van der Waals surface area contributed by atoms with Gasteiger partial charge in [0.05, 0.1) is 24.3 Å². The molecule has 2 heterocycles. The highest BCUT2D eigenvalue weighted by molar-refractivity contribution is 5.82. The third-order valence-corrected chi connectivity index (χ3v) is 17.1. The first-order chi connectivity index (χ1) is 26.1. The minimum absolute atomic E-state index is 0.0216. The molecule has 3 aromatic rings. The number of rotatable bonds is 5. The van der Waals surface area contributed by atoms with Gasteiger partial charge in [0.15, 0.2) is 0 Å². The van der Waals surface area contributed by atoms with Crippen LogP contribution in [-0.2, 0) is 32.7 Å². The van der Waals surface area contributed by atoms with Gasteiger partial charge in [0.25, 0.3) is 0 Å². The molecule has 7 heteroatoms. The molecule has 294 valence electrons. The van der Waals surface area contributed by atoms with E-state index in [4.69, 9.17) is 20.3 Å². The van der Waals surface area contributed by atoms with Crippen molar-refractivity contribution in [2.24, 2.45) is 44.8 Å². The number of hydrogen-bond acceptors (Lipinski definition) is 6.